The van der Waals surface area contributed by atoms with Crippen LogP contribution in [-0.2, 0) is 14.8 Å². The van der Waals surface area contributed by atoms with Crippen molar-refractivity contribution in [2.45, 2.75) is 10.6 Å². The van der Waals surface area contributed by atoms with Crippen LogP contribution in [0.1, 0.15) is 6.42 Å². The topological polar surface area (TPSA) is 79.4 Å². The van der Waals surface area contributed by atoms with Gasteiger partial charge in [0.15, 0.2) is 5.82 Å². The molecule has 1 aliphatic rings. The molecule has 2 aromatic rings. The van der Waals surface area contributed by atoms with Gasteiger partial charge >= 0.3 is 0 Å². The summed E-state index contributed by atoms with van der Waals surface area (Å²) in [5.74, 6) is -0.0287. The van der Waals surface area contributed by atoms with Crippen molar-refractivity contribution in [1.82, 2.24) is 4.98 Å². The number of halogens is 1. The quantitative estimate of drug-likeness (QED) is 0.907. The minimum Gasteiger partial charge on any atom is -0.323 e. The molecule has 1 aliphatic heterocycles. The fourth-order valence-corrected chi connectivity index (χ4v) is 5.03. The highest BCUT2D eigenvalue weighted by atomic mass is 35.5. The molecule has 110 valence electrons. The summed E-state index contributed by atoms with van der Waals surface area (Å²) in [6, 6.07) is 6.23. The maximum absolute atomic E-state index is 12.7. The predicted molar refractivity (Wildman–Crippen MR) is 81.3 cm³/mol. The fraction of sp³-hybridized carbons (Fsp3) is 0.167. The van der Waals surface area contributed by atoms with E-state index < -0.39 is 10.0 Å². The molecule has 9 heteroatoms. The van der Waals surface area contributed by atoms with Gasteiger partial charge in [0, 0.05) is 19.2 Å². The van der Waals surface area contributed by atoms with E-state index in [0.29, 0.717) is 10.0 Å². The molecule has 1 amide bonds. The molecule has 0 aromatic carbocycles. The van der Waals surface area contributed by atoms with Gasteiger partial charge in [0.05, 0.1) is 10.0 Å². The lowest BCUT2D eigenvalue weighted by atomic mass is 10.4. The highest BCUT2D eigenvalue weighted by Crippen LogP contribution is 2.34. The third kappa shape index (κ3) is 2.61. The normalized spacial score (nSPS) is 15.3. The summed E-state index contributed by atoms with van der Waals surface area (Å²) in [6.07, 6.45) is 1.55. The van der Waals surface area contributed by atoms with E-state index >= 15 is 0 Å². The molecule has 1 N–H and O–H groups in total. The second-order valence-corrected chi connectivity index (χ2v) is 8.11. The number of nitrogens with zero attached hydrogens (tertiary/aromatic N) is 2. The Morgan fingerprint density at radius 1 is 1.33 bits per heavy atom. The van der Waals surface area contributed by atoms with Gasteiger partial charge in [-0.2, -0.15) is 0 Å². The van der Waals surface area contributed by atoms with Crippen molar-refractivity contribution in [3.05, 3.63) is 34.8 Å². The first-order valence-corrected chi connectivity index (χ1v) is 8.65. The molecule has 0 aliphatic carbocycles. The number of carbonyl (C=O) groups excluding carboxylic acids is 1. The number of nitrogens with one attached hydrogen (secondary N) is 1. The first-order chi connectivity index (χ1) is 9.98. The molecule has 2 aromatic heterocycles. The largest absolute Gasteiger partial charge is 0.323 e. The minimum atomic E-state index is -3.79. The molecule has 21 heavy (non-hydrogen) atoms. The van der Waals surface area contributed by atoms with Crippen molar-refractivity contribution in [2.24, 2.45) is 0 Å². The first kappa shape index (κ1) is 14.3. The molecule has 0 saturated heterocycles. The Morgan fingerprint density at radius 3 is 2.86 bits per heavy atom. The Kier molecular flexibility index (Phi) is 3.60. The van der Waals surface area contributed by atoms with Gasteiger partial charge in [0.1, 0.15) is 4.21 Å². The number of rotatable bonds is 2. The van der Waals surface area contributed by atoms with Crippen LogP contribution in [0.25, 0.3) is 0 Å². The van der Waals surface area contributed by atoms with Gasteiger partial charge in [-0.05, 0) is 24.3 Å². The van der Waals surface area contributed by atoms with Crippen LogP contribution in [0.3, 0.4) is 0 Å². The number of fused-ring (bicyclic) bond motifs is 1. The summed E-state index contributed by atoms with van der Waals surface area (Å²) in [7, 11) is -3.79. The summed E-state index contributed by atoms with van der Waals surface area (Å²) in [5, 5.41) is 2.65. The molecule has 0 atom stereocenters. The summed E-state index contributed by atoms with van der Waals surface area (Å²) in [5.41, 5.74) is 0.381. The lowest BCUT2D eigenvalue weighted by Gasteiger charge is -2.21. The van der Waals surface area contributed by atoms with E-state index in [9.17, 15) is 13.2 Å². The Morgan fingerprint density at radius 2 is 2.14 bits per heavy atom. The molecule has 0 bridgehead atoms. The zero-order valence-electron chi connectivity index (χ0n) is 10.6. The third-order valence-corrected chi connectivity index (χ3v) is 6.42. The van der Waals surface area contributed by atoms with Gasteiger partial charge in [-0.3, -0.25) is 4.79 Å². The first-order valence-electron chi connectivity index (χ1n) is 6.01. The van der Waals surface area contributed by atoms with Crippen LogP contribution in [0.15, 0.2) is 34.7 Å². The molecular weight excluding hydrogens is 334 g/mol. The van der Waals surface area contributed by atoms with Crippen LogP contribution in [0, 0.1) is 0 Å². The van der Waals surface area contributed by atoms with E-state index in [-0.39, 0.29) is 28.9 Å². The van der Waals surface area contributed by atoms with E-state index in [2.05, 4.69) is 10.3 Å². The van der Waals surface area contributed by atoms with Crippen LogP contribution in [-0.4, -0.2) is 25.9 Å². The molecule has 0 unspecified atom stereocenters. The summed E-state index contributed by atoms with van der Waals surface area (Å²) >= 11 is 6.79. The lowest BCUT2D eigenvalue weighted by molar-refractivity contribution is -0.115. The average Bonchev–Trinajstić information content (AvgIpc) is 2.80. The molecule has 0 saturated carbocycles. The zero-order chi connectivity index (χ0) is 15.0. The van der Waals surface area contributed by atoms with Gasteiger partial charge in [-0.1, -0.05) is 11.6 Å². The number of pyridine rings is 1. The highest BCUT2D eigenvalue weighted by Gasteiger charge is 2.31. The monoisotopic (exact) mass is 343 g/mol. The van der Waals surface area contributed by atoms with Crippen molar-refractivity contribution in [3.63, 3.8) is 0 Å². The van der Waals surface area contributed by atoms with Crippen molar-refractivity contribution < 1.29 is 13.2 Å². The maximum atomic E-state index is 12.7. The molecular formula is C12H10ClN3O3S2. The second kappa shape index (κ2) is 5.28. The molecule has 0 radical (unpaired) electrons. The number of sulfonamides is 1. The van der Waals surface area contributed by atoms with Crippen LogP contribution in [0.4, 0.5) is 11.5 Å². The smallest absolute Gasteiger partial charge is 0.275 e. The third-order valence-electron chi connectivity index (χ3n) is 2.93. The van der Waals surface area contributed by atoms with Gasteiger partial charge < -0.3 is 5.32 Å². The Labute approximate surface area is 130 Å². The van der Waals surface area contributed by atoms with E-state index in [1.54, 1.807) is 12.1 Å². The number of hydrogen-bond acceptors (Lipinski definition) is 5. The van der Waals surface area contributed by atoms with Crippen LogP contribution in [0.5, 0.6) is 0 Å². The van der Waals surface area contributed by atoms with E-state index in [1.807, 2.05) is 0 Å². The van der Waals surface area contributed by atoms with Gasteiger partial charge in [0.25, 0.3) is 10.0 Å². The van der Waals surface area contributed by atoms with Crippen molar-refractivity contribution in [2.75, 3.05) is 16.2 Å². The number of aromatic nitrogens is 1. The van der Waals surface area contributed by atoms with Crippen molar-refractivity contribution in [3.8, 4) is 0 Å². The standard InChI is InChI=1S/C12H10ClN3O3S2/c13-9-3-4-11(20-9)21(18,19)16-7-5-10(17)15-8-2-1-6-14-12(8)16/h1-4,6H,5,7H2,(H,15,17). The van der Waals surface area contributed by atoms with Gasteiger partial charge in [-0.25, -0.2) is 17.7 Å². The summed E-state index contributed by atoms with van der Waals surface area (Å²) < 4.78 is 27.1. The molecule has 3 rings (SSSR count). The van der Waals surface area contributed by atoms with E-state index in [1.165, 1.54) is 18.3 Å². The molecule has 0 spiro atoms. The fourth-order valence-electron chi connectivity index (χ4n) is 1.99. The highest BCUT2D eigenvalue weighted by molar-refractivity contribution is 7.94. The number of hydrogen-bond donors (Lipinski definition) is 1. The molecule has 6 nitrogen and oxygen atoms in total. The van der Waals surface area contributed by atoms with E-state index in [0.717, 1.165) is 15.6 Å². The number of amides is 1. The Balaban J connectivity index is 2.12. The number of carbonyl (C=O) groups is 1. The van der Waals surface area contributed by atoms with Gasteiger partial charge in [-0.15, -0.1) is 11.3 Å². The Bertz CT molecular complexity index is 804. The van der Waals surface area contributed by atoms with E-state index in [4.69, 9.17) is 11.6 Å². The summed E-state index contributed by atoms with van der Waals surface area (Å²) in [4.78, 5) is 15.8. The van der Waals surface area contributed by atoms with Crippen molar-refractivity contribution in [1.29, 1.82) is 0 Å². The Hall–Kier alpha value is -1.64. The van der Waals surface area contributed by atoms with Crippen molar-refractivity contribution >= 4 is 50.4 Å². The number of anilines is 2. The number of thiophene rings is 1. The molecule has 3 heterocycles. The minimum absolute atomic E-state index is 0.0354. The van der Waals surface area contributed by atoms with Crippen LogP contribution < -0.4 is 9.62 Å². The predicted octanol–water partition coefficient (Wildman–Crippen LogP) is 2.33. The summed E-state index contributed by atoms with van der Waals surface area (Å²) in [6.45, 7) is 0.0354. The lowest BCUT2D eigenvalue weighted by Crippen LogP contribution is -2.32. The zero-order valence-corrected chi connectivity index (χ0v) is 13.0. The van der Waals surface area contributed by atoms with Crippen LogP contribution in [0.2, 0.25) is 4.34 Å². The van der Waals surface area contributed by atoms with Gasteiger partial charge in [0.2, 0.25) is 5.91 Å². The average molecular weight is 344 g/mol. The SMILES string of the molecule is O=C1CCN(S(=O)(=O)c2ccc(Cl)s2)c2ncccc2N1. The van der Waals surface area contributed by atoms with Crippen LogP contribution >= 0.6 is 22.9 Å². The maximum Gasteiger partial charge on any atom is 0.275 e. The molecule has 0 fully saturated rings. The second-order valence-electron chi connectivity index (χ2n) is 4.31.